The number of anilines is 1. The van der Waals surface area contributed by atoms with Gasteiger partial charge in [0, 0.05) is 57.3 Å². The molecular weight excluding hydrogens is 455 g/mol. The molecule has 0 aliphatic rings. The zero-order valence-corrected chi connectivity index (χ0v) is 20.8. The Balaban J connectivity index is 0.00000361. The summed E-state index contributed by atoms with van der Waals surface area (Å²) in [6, 6.07) is 15.5. The minimum absolute atomic E-state index is 0. The summed E-state index contributed by atoms with van der Waals surface area (Å²) in [6.45, 7) is 8.55. The first-order valence-electron chi connectivity index (χ1n) is 11.7. The fraction of sp³-hybridized carbons (Fsp3) is 0.207. The van der Waals surface area contributed by atoms with Crippen molar-refractivity contribution in [3.8, 4) is 11.5 Å². The average Bonchev–Trinajstić information content (AvgIpc) is 2.86. The van der Waals surface area contributed by atoms with Gasteiger partial charge in [0.25, 0.3) is 5.91 Å². The normalized spacial score (nSPS) is 11.4. The average molecular weight is 491 g/mol. The van der Waals surface area contributed by atoms with E-state index in [4.69, 9.17) is 4.74 Å². The highest BCUT2D eigenvalue weighted by molar-refractivity contribution is 6.05. The number of carbonyl (C=O) groups is 1. The summed E-state index contributed by atoms with van der Waals surface area (Å²) in [7, 11) is 1.66. The van der Waals surface area contributed by atoms with E-state index in [1.165, 1.54) is 12.1 Å². The molecule has 0 aliphatic carbocycles. The SMILES string of the molecule is C=C(NCc1cccc(F)c1)c1cccc(Oc2ccnc(NC(=O)/C(=C/C=NC)CCC)c2)c1C.[HH].[HH]. The van der Waals surface area contributed by atoms with E-state index in [0.29, 0.717) is 41.6 Å². The van der Waals surface area contributed by atoms with Gasteiger partial charge >= 0.3 is 0 Å². The number of benzene rings is 2. The third-order valence-electron chi connectivity index (χ3n) is 5.44. The predicted octanol–water partition coefficient (Wildman–Crippen LogP) is 6.94. The monoisotopic (exact) mass is 490 g/mol. The van der Waals surface area contributed by atoms with Crippen LogP contribution in [0.25, 0.3) is 5.70 Å². The van der Waals surface area contributed by atoms with Crippen LogP contribution >= 0.6 is 0 Å². The van der Waals surface area contributed by atoms with Gasteiger partial charge in [0.15, 0.2) is 0 Å². The summed E-state index contributed by atoms with van der Waals surface area (Å²) in [5.74, 6) is 1.08. The highest BCUT2D eigenvalue weighted by Crippen LogP contribution is 2.30. The summed E-state index contributed by atoms with van der Waals surface area (Å²) < 4.78 is 19.6. The minimum atomic E-state index is -0.271. The number of allylic oxidation sites excluding steroid dienone is 1. The van der Waals surface area contributed by atoms with Crippen molar-refractivity contribution < 1.29 is 16.8 Å². The first kappa shape index (κ1) is 26.3. The van der Waals surface area contributed by atoms with Gasteiger partial charge in [0.1, 0.15) is 23.1 Å². The van der Waals surface area contributed by atoms with E-state index in [9.17, 15) is 9.18 Å². The maximum absolute atomic E-state index is 13.5. The van der Waals surface area contributed by atoms with Crippen molar-refractivity contribution in [2.75, 3.05) is 12.4 Å². The van der Waals surface area contributed by atoms with Crippen LogP contribution in [0.3, 0.4) is 0 Å². The molecule has 0 atom stereocenters. The summed E-state index contributed by atoms with van der Waals surface area (Å²) >= 11 is 0. The molecule has 0 saturated carbocycles. The Morgan fingerprint density at radius 3 is 2.78 bits per heavy atom. The lowest BCUT2D eigenvalue weighted by Gasteiger charge is -2.16. The molecule has 0 spiro atoms. The Labute approximate surface area is 214 Å². The molecule has 1 amide bonds. The van der Waals surface area contributed by atoms with Crippen LogP contribution in [0.1, 0.15) is 39.3 Å². The van der Waals surface area contributed by atoms with Gasteiger partial charge in [-0.3, -0.25) is 9.79 Å². The maximum atomic E-state index is 13.5. The Bertz CT molecular complexity index is 1300. The molecule has 190 valence electrons. The van der Waals surface area contributed by atoms with Gasteiger partial charge in [-0.25, -0.2) is 9.37 Å². The van der Waals surface area contributed by atoms with Crippen LogP contribution in [0.5, 0.6) is 11.5 Å². The highest BCUT2D eigenvalue weighted by Gasteiger charge is 2.12. The van der Waals surface area contributed by atoms with E-state index in [0.717, 1.165) is 23.1 Å². The Morgan fingerprint density at radius 1 is 1.22 bits per heavy atom. The summed E-state index contributed by atoms with van der Waals surface area (Å²) in [6.07, 6.45) is 6.38. The van der Waals surface area contributed by atoms with Crippen LogP contribution in [0, 0.1) is 12.7 Å². The number of rotatable bonds is 11. The Hall–Kier alpha value is -4.26. The summed E-state index contributed by atoms with van der Waals surface area (Å²) in [4.78, 5) is 20.8. The fourth-order valence-electron chi connectivity index (χ4n) is 3.58. The first-order valence-corrected chi connectivity index (χ1v) is 11.7. The smallest absolute Gasteiger partial charge is 0.252 e. The number of aromatic nitrogens is 1. The molecule has 0 fully saturated rings. The van der Waals surface area contributed by atoms with Crippen molar-refractivity contribution >= 4 is 23.6 Å². The molecule has 3 aromatic rings. The molecule has 2 aromatic carbocycles. The lowest BCUT2D eigenvalue weighted by Crippen LogP contribution is -2.15. The van der Waals surface area contributed by atoms with Crippen LogP contribution in [-0.4, -0.2) is 24.2 Å². The number of carbonyl (C=O) groups excluding carboxylic acids is 1. The molecule has 36 heavy (non-hydrogen) atoms. The lowest BCUT2D eigenvalue weighted by molar-refractivity contribution is -0.113. The molecule has 2 N–H and O–H groups in total. The molecule has 0 radical (unpaired) electrons. The van der Waals surface area contributed by atoms with E-state index in [-0.39, 0.29) is 14.6 Å². The molecule has 0 saturated heterocycles. The number of nitrogens with zero attached hydrogens (tertiary/aromatic N) is 2. The second-order valence-corrected chi connectivity index (χ2v) is 8.17. The zero-order chi connectivity index (χ0) is 25.9. The van der Waals surface area contributed by atoms with E-state index in [2.05, 4.69) is 27.2 Å². The molecule has 1 aromatic heterocycles. The van der Waals surface area contributed by atoms with Gasteiger partial charge < -0.3 is 15.4 Å². The summed E-state index contributed by atoms with van der Waals surface area (Å²) in [5, 5.41) is 6.08. The van der Waals surface area contributed by atoms with Crippen molar-refractivity contribution in [2.45, 2.75) is 33.2 Å². The van der Waals surface area contributed by atoms with E-state index < -0.39 is 0 Å². The van der Waals surface area contributed by atoms with Crippen LogP contribution in [0.15, 0.2) is 84.0 Å². The van der Waals surface area contributed by atoms with Crippen LogP contribution in [-0.2, 0) is 11.3 Å². The second kappa shape index (κ2) is 13.0. The van der Waals surface area contributed by atoms with Crippen molar-refractivity contribution in [3.05, 3.63) is 102 Å². The molecule has 0 unspecified atom stereocenters. The Kier molecular flexibility index (Phi) is 9.51. The topological polar surface area (TPSA) is 75.6 Å². The number of amides is 1. The number of aliphatic imine (C=N–C) groups is 1. The van der Waals surface area contributed by atoms with Crippen LogP contribution in [0.2, 0.25) is 0 Å². The number of hydrogen-bond donors (Lipinski definition) is 2. The Morgan fingerprint density at radius 2 is 2.03 bits per heavy atom. The minimum Gasteiger partial charge on any atom is -0.457 e. The van der Waals surface area contributed by atoms with Gasteiger partial charge in [0.2, 0.25) is 0 Å². The zero-order valence-electron chi connectivity index (χ0n) is 20.8. The van der Waals surface area contributed by atoms with Gasteiger partial charge in [-0.2, -0.15) is 0 Å². The number of ether oxygens (including phenoxy) is 1. The van der Waals surface area contributed by atoms with Crippen LogP contribution < -0.4 is 15.4 Å². The van der Waals surface area contributed by atoms with Crippen molar-refractivity contribution in [2.24, 2.45) is 4.99 Å². The molecular formula is C29H35FN4O2. The highest BCUT2D eigenvalue weighted by atomic mass is 19.1. The van der Waals surface area contributed by atoms with E-state index in [1.54, 1.807) is 43.7 Å². The number of pyridine rings is 1. The maximum Gasteiger partial charge on any atom is 0.252 e. The second-order valence-electron chi connectivity index (χ2n) is 8.17. The van der Waals surface area contributed by atoms with E-state index in [1.807, 2.05) is 38.1 Å². The van der Waals surface area contributed by atoms with Crippen molar-refractivity contribution in [1.82, 2.24) is 10.3 Å². The molecule has 6 nitrogen and oxygen atoms in total. The standard InChI is InChI=1S/C29H31FN4O2.2H2/c1-5-8-23(13-15-31-4)29(35)34-28-18-25(14-16-32-28)36-27-12-7-11-26(20(27)2)21(3)33-19-22-9-6-10-24(30)17-22;;/h6-7,9-18,33H,3,5,8,19H2,1-2,4H3,(H,32,34,35);2*1H/b23-13+,31-15?;;. The summed E-state index contributed by atoms with van der Waals surface area (Å²) in [5.41, 5.74) is 3.94. The molecule has 0 bridgehead atoms. The third kappa shape index (κ3) is 7.37. The van der Waals surface area contributed by atoms with Gasteiger partial charge in [-0.1, -0.05) is 44.2 Å². The first-order chi connectivity index (χ1) is 17.4. The molecule has 7 heteroatoms. The molecule has 1 heterocycles. The van der Waals surface area contributed by atoms with E-state index >= 15 is 0 Å². The van der Waals surface area contributed by atoms with Crippen molar-refractivity contribution in [3.63, 3.8) is 0 Å². The number of nitrogens with one attached hydrogen (secondary N) is 2. The number of hydrogen-bond acceptors (Lipinski definition) is 5. The largest absolute Gasteiger partial charge is 0.457 e. The lowest BCUT2D eigenvalue weighted by atomic mass is 10.0. The molecule has 3 rings (SSSR count). The molecule has 0 aliphatic heterocycles. The van der Waals surface area contributed by atoms with Gasteiger partial charge in [-0.05, 0) is 49.2 Å². The third-order valence-corrected chi connectivity index (χ3v) is 5.44. The number of halogens is 1. The predicted molar refractivity (Wildman–Crippen MR) is 148 cm³/mol. The van der Waals surface area contributed by atoms with Gasteiger partial charge in [0.05, 0.1) is 0 Å². The van der Waals surface area contributed by atoms with Gasteiger partial charge in [-0.15, -0.1) is 0 Å². The fourth-order valence-corrected chi connectivity index (χ4v) is 3.58. The van der Waals surface area contributed by atoms with Crippen molar-refractivity contribution in [1.29, 1.82) is 0 Å². The van der Waals surface area contributed by atoms with Crippen LogP contribution in [0.4, 0.5) is 10.2 Å². The quantitative estimate of drug-likeness (QED) is 0.225.